The van der Waals surface area contributed by atoms with Crippen molar-refractivity contribution < 1.29 is 4.79 Å². The van der Waals surface area contributed by atoms with Gasteiger partial charge in [0.05, 0.1) is 5.75 Å². The van der Waals surface area contributed by atoms with Crippen molar-refractivity contribution in [1.82, 2.24) is 20.2 Å². The molecule has 3 rings (SSSR count). The number of aromatic nitrogens is 2. The third-order valence-corrected chi connectivity index (χ3v) is 6.07. The van der Waals surface area contributed by atoms with Crippen LogP contribution >= 0.6 is 23.1 Å². The molecular formula is C15H20N4OS2. The normalized spacial score (nSPS) is 18.9. The van der Waals surface area contributed by atoms with E-state index in [-0.39, 0.29) is 5.91 Å². The molecule has 0 spiro atoms. The summed E-state index contributed by atoms with van der Waals surface area (Å²) in [5.74, 6) is 0.627. The maximum atomic E-state index is 12.4. The van der Waals surface area contributed by atoms with E-state index in [2.05, 4.69) is 36.1 Å². The van der Waals surface area contributed by atoms with E-state index in [4.69, 9.17) is 0 Å². The lowest BCUT2D eigenvalue weighted by Gasteiger charge is -2.31. The van der Waals surface area contributed by atoms with Gasteiger partial charge in [0.25, 0.3) is 0 Å². The quantitative estimate of drug-likeness (QED) is 0.688. The molecule has 0 saturated carbocycles. The van der Waals surface area contributed by atoms with Gasteiger partial charge in [-0.1, -0.05) is 11.8 Å². The van der Waals surface area contributed by atoms with Gasteiger partial charge in [-0.05, 0) is 26.3 Å². The highest BCUT2D eigenvalue weighted by atomic mass is 32.2. The molecule has 2 aromatic heterocycles. The van der Waals surface area contributed by atoms with E-state index in [1.165, 1.54) is 22.2 Å². The highest BCUT2D eigenvalue weighted by molar-refractivity contribution is 8.00. The monoisotopic (exact) mass is 336 g/mol. The van der Waals surface area contributed by atoms with Gasteiger partial charge in [-0.2, -0.15) is 0 Å². The van der Waals surface area contributed by atoms with E-state index in [0.717, 1.165) is 34.9 Å². The Bertz CT molecular complexity index is 700. The molecule has 5 nitrogen and oxygen atoms in total. The minimum Gasteiger partial charge on any atom is -0.339 e. The lowest BCUT2D eigenvalue weighted by Crippen LogP contribution is -2.51. The Balaban J connectivity index is 1.72. The molecule has 3 heterocycles. The molecule has 1 aliphatic rings. The van der Waals surface area contributed by atoms with Gasteiger partial charge in [0, 0.05) is 35.9 Å². The second-order valence-electron chi connectivity index (χ2n) is 5.63. The third-order valence-electron chi connectivity index (χ3n) is 3.98. The van der Waals surface area contributed by atoms with Crippen LogP contribution in [-0.4, -0.2) is 52.2 Å². The van der Waals surface area contributed by atoms with Gasteiger partial charge >= 0.3 is 0 Å². The Kier molecular flexibility index (Phi) is 4.65. The number of nitrogens with one attached hydrogen (secondary N) is 1. The Morgan fingerprint density at radius 3 is 3.09 bits per heavy atom. The van der Waals surface area contributed by atoms with Gasteiger partial charge in [-0.3, -0.25) is 4.79 Å². The zero-order valence-corrected chi connectivity index (χ0v) is 14.7. The Morgan fingerprint density at radius 2 is 2.32 bits per heavy atom. The Labute approximate surface area is 138 Å². The van der Waals surface area contributed by atoms with Gasteiger partial charge in [0.15, 0.2) is 0 Å². The number of carbonyl (C=O) groups is 1. The number of nitrogens with zero attached hydrogens (tertiary/aromatic N) is 3. The number of thiophene rings is 1. The predicted molar refractivity (Wildman–Crippen MR) is 91.7 cm³/mol. The standard InChI is InChI=1S/C15H20N4OS2/c1-9-6-19(5-4-16-9)12(20)7-21-14-13-10(2)11(3)22-15(13)18-8-17-14/h8-9,16H,4-7H2,1-3H3. The van der Waals surface area contributed by atoms with Crippen LogP contribution in [0, 0.1) is 13.8 Å². The first-order valence-corrected chi connectivity index (χ1v) is 9.21. The van der Waals surface area contributed by atoms with Crippen LogP contribution < -0.4 is 5.32 Å². The first-order valence-electron chi connectivity index (χ1n) is 7.41. The summed E-state index contributed by atoms with van der Waals surface area (Å²) in [6.07, 6.45) is 1.59. The molecule has 0 aliphatic carbocycles. The summed E-state index contributed by atoms with van der Waals surface area (Å²) in [6.45, 7) is 8.76. The number of piperazine rings is 1. The lowest BCUT2D eigenvalue weighted by atomic mass is 10.2. The van der Waals surface area contributed by atoms with Gasteiger partial charge < -0.3 is 10.2 Å². The number of aryl methyl sites for hydroxylation is 2. The van der Waals surface area contributed by atoms with Gasteiger partial charge in [0.2, 0.25) is 5.91 Å². The average Bonchev–Trinajstić information content (AvgIpc) is 2.80. The molecule has 0 radical (unpaired) electrons. The van der Waals surface area contributed by atoms with Gasteiger partial charge in [-0.15, -0.1) is 11.3 Å². The summed E-state index contributed by atoms with van der Waals surface area (Å²) in [6, 6.07) is 0.371. The van der Waals surface area contributed by atoms with Crippen molar-refractivity contribution in [3.63, 3.8) is 0 Å². The van der Waals surface area contributed by atoms with Gasteiger partial charge in [0.1, 0.15) is 16.2 Å². The van der Waals surface area contributed by atoms with E-state index >= 15 is 0 Å². The van der Waals surface area contributed by atoms with Crippen molar-refractivity contribution in [2.24, 2.45) is 0 Å². The van der Waals surface area contributed by atoms with Crippen LogP contribution in [0.1, 0.15) is 17.4 Å². The number of rotatable bonds is 3. The summed E-state index contributed by atoms with van der Waals surface area (Å²) >= 11 is 3.21. The first-order chi connectivity index (χ1) is 10.6. The van der Waals surface area contributed by atoms with Crippen LogP contribution in [0.15, 0.2) is 11.4 Å². The number of hydrogen-bond acceptors (Lipinski definition) is 6. The van der Waals surface area contributed by atoms with E-state index in [1.807, 2.05) is 4.90 Å². The van der Waals surface area contributed by atoms with E-state index in [1.54, 1.807) is 17.7 Å². The largest absolute Gasteiger partial charge is 0.339 e. The van der Waals surface area contributed by atoms with Crippen LogP contribution in [0.4, 0.5) is 0 Å². The molecular weight excluding hydrogens is 316 g/mol. The molecule has 1 atom stereocenters. The van der Waals surface area contributed by atoms with Crippen molar-refractivity contribution >= 4 is 39.2 Å². The number of carbonyl (C=O) groups excluding carboxylic acids is 1. The van der Waals surface area contributed by atoms with Crippen LogP contribution in [-0.2, 0) is 4.79 Å². The molecule has 1 amide bonds. The van der Waals surface area contributed by atoms with E-state index in [9.17, 15) is 4.79 Å². The van der Waals surface area contributed by atoms with Crippen molar-refractivity contribution in [2.75, 3.05) is 25.4 Å². The second-order valence-corrected chi connectivity index (χ2v) is 7.79. The zero-order valence-electron chi connectivity index (χ0n) is 13.0. The topological polar surface area (TPSA) is 58.1 Å². The zero-order chi connectivity index (χ0) is 15.7. The average molecular weight is 336 g/mol. The van der Waals surface area contributed by atoms with Crippen molar-refractivity contribution in [1.29, 1.82) is 0 Å². The van der Waals surface area contributed by atoms with Crippen LogP contribution in [0.3, 0.4) is 0 Å². The molecule has 1 N–H and O–H groups in total. The smallest absolute Gasteiger partial charge is 0.233 e. The second kappa shape index (κ2) is 6.52. The number of fused-ring (bicyclic) bond motifs is 1. The van der Waals surface area contributed by atoms with Crippen molar-refractivity contribution in [3.05, 3.63) is 16.8 Å². The first kappa shape index (κ1) is 15.7. The molecule has 0 bridgehead atoms. The molecule has 7 heteroatoms. The van der Waals surface area contributed by atoms with Gasteiger partial charge in [-0.25, -0.2) is 9.97 Å². The van der Waals surface area contributed by atoms with Crippen LogP contribution in [0.2, 0.25) is 0 Å². The summed E-state index contributed by atoms with van der Waals surface area (Å²) < 4.78 is 0. The molecule has 1 unspecified atom stereocenters. The summed E-state index contributed by atoms with van der Waals surface area (Å²) in [5.41, 5.74) is 1.23. The van der Waals surface area contributed by atoms with Crippen LogP contribution in [0.25, 0.3) is 10.2 Å². The molecule has 2 aromatic rings. The molecule has 118 valence electrons. The fraction of sp³-hybridized carbons (Fsp3) is 0.533. The number of hydrogen-bond donors (Lipinski definition) is 1. The Morgan fingerprint density at radius 1 is 1.50 bits per heavy atom. The number of thioether (sulfide) groups is 1. The number of amides is 1. The highest BCUT2D eigenvalue weighted by Crippen LogP contribution is 2.34. The Hall–Kier alpha value is -1.18. The van der Waals surface area contributed by atoms with Crippen molar-refractivity contribution in [3.8, 4) is 0 Å². The minimum atomic E-state index is 0.190. The highest BCUT2D eigenvalue weighted by Gasteiger charge is 2.21. The summed E-state index contributed by atoms with van der Waals surface area (Å²) in [5, 5.41) is 5.38. The van der Waals surface area contributed by atoms with Crippen LogP contribution in [0.5, 0.6) is 0 Å². The lowest BCUT2D eigenvalue weighted by molar-refractivity contribution is -0.129. The van der Waals surface area contributed by atoms with E-state index < -0.39 is 0 Å². The molecule has 1 fully saturated rings. The maximum Gasteiger partial charge on any atom is 0.233 e. The third kappa shape index (κ3) is 3.11. The molecule has 0 aromatic carbocycles. The molecule has 1 aliphatic heterocycles. The van der Waals surface area contributed by atoms with E-state index in [0.29, 0.717) is 11.8 Å². The minimum absolute atomic E-state index is 0.190. The molecule has 1 saturated heterocycles. The van der Waals surface area contributed by atoms with Crippen molar-refractivity contribution in [2.45, 2.75) is 31.8 Å². The fourth-order valence-corrected chi connectivity index (χ4v) is 4.66. The summed E-state index contributed by atoms with van der Waals surface area (Å²) in [7, 11) is 0. The maximum absolute atomic E-state index is 12.4. The summed E-state index contributed by atoms with van der Waals surface area (Å²) in [4.78, 5) is 25.3. The SMILES string of the molecule is Cc1sc2ncnc(SCC(=O)N3CCNC(C)C3)c2c1C. The molecule has 22 heavy (non-hydrogen) atoms. The predicted octanol–water partition coefficient (Wildman–Crippen LogP) is 2.22. The fourth-order valence-electron chi connectivity index (χ4n) is 2.64.